The summed E-state index contributed by atoms with van der Waals surface area (Å²) in [6.45, 7) is 0.953. The van der Waals surface area contributed by atoms with E-state index in [9.17, 15) is 0 Å². The summed E-state index contributed by atoms with van der Waals surface area (Å²) in [4.78, 5) is 1.29. The molecule has 2 nitrogen and oxygen atoms in total. The Morgan fingerprint density at radius 2 is 2.00 bits per heavy atom. The third-order valence-corrected chi connectivity index (χ3v) is 4.12. The second kappa shape index (κ2) is 5.52. The minimum Gasteiger partial charge on any atom is -0.398 e. The Morgan fingerprint density at radius 1 is 1.27 bits per heavy atom. The summed E-state index contributed by atoms with van der Waals surface area (Å²) < 4.78 is 0. The quantitative estimate of drug-likeness (QED) is 0.774. The van der Waals surface area contributed by atoms with Crippen LogP contribution in [0.4, 0.5) is 5.69 Å². The lowest BCUT2D eigenvalue weighted by Gasteiger charge is -2.15. The predicted molar refractivity (Wildman–Crippen MR) is 67.1 cm³/mol. The maximum atomic E-state index is 5.86. The van der Waals surface area contributed by atoms with Crippen LogP contribution >= 0.6 is 11.3 Å². The molecular weight excluding hydrogens is 204 g/mol. The van der Waals surface area contributed by atoms with Crippen LogP contribution in [0.3, 0.4) is 0 Å². The maximum absolute atomic E-state index is 5.86. The highest BCUT2D eigenvalue weighted by Crippen LogP contribution is 2.21. The van der Waals surface area contributed by atoms with Crippen molar-refractivity contribution in [3.8, 4) is 0 Å². The summed E-state index contributed by atoms with van der Waals surface area (Å²) in [5.74, 6) is 0. The van der Waals surface area contributed by atoms with Crippen molar-refractivity contribution in [2.75, 3.05) is 5.73 Å². The van der Waals surface area contributed by atoms with E-state index in [1.807, 2.05) is 6.07 Å². The zero-order chi connectivity index (χ0) is 10.5. The molecule has 0 saturated heterocycles. The van der Waals surface area contributed by atoms with Crippen LogP contribution in [-0.2, 0) is 6.54 Å². The van der Waals surface area contributed by atoms with E-state index in [1.54, 1.807) is 11.3 Å². The van der Waals surface area contributed by atoms with E-state index in [1.165, 1.54) is 43.4 Å². The number of nitrogen functional groups attached to an aromatic ring is 1. The van der Waals surface area contributed by atoms with Crippen molar-refractivity contribution in [1.82, 2.24) is 5.32 Å². The first-order valence-electron chi connectivity index (χ1n) is 5.91. The topological polar surface area (TPSA) is 38.0 Å². The largest absolute Gasteiger partial charge is 0.398 e. The lowest BCUT2D eigenvalue weighted by Crippen LogP contribution is -2.27. The van der Waals surface area contributed by atoms with Crippen molar-refractivity contribution in [3.05, 3.63) is 16.3 Å². The summed E-state index contributed by atoms with van der Waals surface area (Å²) >= 11 is 1.76. The van der Waals surface area contributed by atoms with Crippen LogP contribution in [-0.4, -0.2) is 6.04 Å². The standard InChI is InChI=1S/C12H20N2S/c13-11-7-8-15-12(11)9-14-10-5-3-1-2-4-6-10/h7-8,10,14H,1-6,9,13H2. The van der Waals surface area contributed by atoms with Gasteiger partial charge in [0, 0.05) is 23.2 Å². The van der Waals surface area contributed by atoms with E-state index in [0.29, 0.717) is 6.04 Å². The second-order valence-electron chi connectivity index (χ2n) is 4.37. The van der Waals surface area contributed by atoms with Crippen molar-refractivity contribution < 1.29 is 0 Å². The van der Waals surface area contributed by atoms with Crippen LogP contribution in [0.25, 0.3) is 0 Å². The Bertz CT molecular complexity index is 288. The highest BCUT2D eigenvalue weighted by molar-refractivity contribution is 7.10. The number of thiophene rings is 1. The van der Waals surface area contributed by atoms with Gasteiger partial charge in [-0.2, -0.15) is 0 Å². The highest BCUT2D eigenvalue weighted by atomic mass is 32.1. The molecule has 84 valence electrons. The SMILES string of the molecule is Nc1ccsc1CNC1CCCCCC1. The molecule has 1 saturated carbocycles. The molecule has 0 unspecified atom stereocenters. The smallest absolute Gasteiger partial charge is 0.0468 e. The number of rotatable bonds is 3. The molecule has 1 heterocycles. The average Bonchev–Trinajstić information content (AvgIpc) is 2.53. The van der Waals surface area contributed by atoms with Gasteiger partial charge in [-0.05, 0) is 24.3 Å². The van der Waals surface area contributed by atoms with Gasteiger partial charge in [-0.3, -0.25) is 0 Å². The molecule has 1 aliphatic rings. The van der Waals surface area contributed by atoms with Crippen molar-refractivity contribution in [3.63, 3.8) is 0 Å². The molecule has 1 fully saturated rings. The molecule has 0 atom stereocenters. The van der Waals surface area contributed by atoms with Crippen molar-refractivity contribution in [1.29, 1.82) is 0 Å². The number of nitrogens with two attached hydrogens (primary N) is 1. The van der Waals surface area contributed by atoms with Gasteiger partial charge in [-0.15, -0.1) is 11.3 Å². The molecule has 3 heteroatoms. The zero-order valence-electron chi connectivity index (χ0n) is 9.17. The van der Waals surface area contributed by atoms with Crippen LogP contribution < -0.4 is 11.1 Å². The van der Waals surface area contributed by atoms with Crippen molar-refractivity contribution in [2.24, 2.45) is 0 Å². The number of hydrogen-bond donors (Lipinski definition) is 2. The van der Waals surface area contributed by atoms with Gasteiger partial charge in [-0.1, -0.05) is 25.7 Å². The average molecular weight is 224 g/mol. The van der Waals surface area contributed by atoms with Gasteiger partial charge < -0.3 is 11.1 Å². The van der Waals surface area contributed by atoms with Crippen LogP contribution in [0, 0.1) is 0 Å². The van der Waals surface area contributed by atoms with Gasteiger partial charge in [0.05, 0.1) is 0 Å². The van der Waals surface area contributed by atoms with E-state index >= 15 is 0 Å². The molecule has 0 spiro atoms. The molecule has 0 aliphatic heterocycles. The molecule has 1 aliphatic carbocycles. The van der Waals surface area contributed by atoms with E-state index in [0.717, 1.165) is 12.2 Å². The summed E-state index contributed by atoms with van der Waals surface area (Å²) in [7, 11) is 0. The number of anilines is 1. The summed E-state index contributed by atoms with van der Waals surface area (Å²) in [6, 6.07) is 2.71. The Morgan fingerprint density at radius 3 is 2.60 bits per heavy atom. The summed E-state index contributed by atoms with van der Waals surface area (Å²) in [6.07, 6.45) is 8.28. The van der Waals surface area contributed by atoms with Crippen LogP contribution in [0.5, 0.6) is 0 Å². The van der Waals surface area contributed by atoms with Gasteiger partial charge in [0.15, 0.2) is 0 Å². The van der Waals surface area contributed by atoms with E-state index in [-0.39, 0.29) is 0 Å². The number of nitrogens with one attached hydrogen (secondary N) is 1. The van der Waals surface area contributed by atoms with Crippen LogP contribution in [0.2, 0.25) is 0 Å². The summed E-state index contributed by atoms with van der Waals surface area (Å²) in [5, 5.41) is 5.70. The van der Waals surface area contributed by atoms with Gasteiger partial charge in [0.1, 0.15) is 0 Å². The van der Waals surface area contributed by atoms with Crippen LogP contribution in [0.1, 0.15) is 43.4 Å². The lowest BCUT2D eigenvalue weighted by atomic mass is 10.1. The number of hydrogen-bond acceptors (Lipinski definition) is 3. The predicted octanol–water partition coefficient (Wildman–Crippen LogP) is 3.14. The first-order chi connectivity index (χ1) is 7.36. The second-order valence-corrected chi connectivity index (χ2v) is 5.37. The molecule has 0 bridgehead atoms. The molecule has 1 aromatic rings. The molecule has 15 heavy (non-hydrogen) atoms. The van der Waals surface area contributed by atoms with Gasteiger partial charge in [0.2, 0.25) is 0 Å². The monoisotopic (exact) mass is 224 g/mol. The lowest BCUT2D eigenvalue weighted by molar-refractivity contribution is 0.461. The molecule has 2 rings (SSSR count). The normalized spacial score (nSPS) is 18.9. The van der Waals surface area contributed by atoms with E-state index < -0.39 is 0 Å². The fraction of sp³-hybridized carbons (Fsp3) is 0.667. The maximum Gasteiger partial charge on any atom is 0.0468 e. The third-order valence-electron chi connectivity index (χ3n) is 3.19. The molecule has 1 aromatic heterocycles. The molecule has 0 amide bonds. The third kappa shape index (κ3) is 3.21. The van der Waals surface area contributed by atoms with Crippen LogP contribution in [0.15, 0.2) is 11.4 Å². The molecule has 0 radical (unpaired) electrons. The Kier molecular flexibility index (Phi) is 4.03. The minimum atomic E-state index is 0.717. The van der Waals surface area contributed by atoms with Gasteiger partial charge in [-0.25, -0.2) is 0 Å². The Hall–Kier alpha value is -0.540. The Labute approximate surface area is 95.9 Å². The van der Waals surface area contributed by atoms with E-state index in [2.05, 4.69) is 10.7 Å². The first-order valence-corrected chi connectivity index (χ1v) is 6.79. The van der Waals surface area contributed by atoms with Gasteiger partial charge in [0.25, 0.3) is 0 Å². The van der Waals surface area contributed by atoms with E-state index in [4.69, 9.17) is 5.73 Å². The van der Waals surface area contributed by atoms with Crippen molar-refractivity contribution >= 4 is 17.0 Å². The minimum absolute atomic E-state index is 0.717. The van der Waals surface area contributed by atoms with Crippen molar-refractivity contribution in [2.45, 2.75) is 51.1 Å². The Balaban J connectivity index is 1.79. The highest BCUT2D eigenvalue weighted by Gasteiger charge is 2.11. The molecular formula is C12H20N2S. The summed E-state index contributed by atoms with van der Waals surface area (Å²) in [5.41, 5.74) is 6.80. The zero-order valence-corrected chi connectivity index (χ0v) is 9.98. The fourth-order valence-corrected chi connectivity index (χ4v) is 2.96. The fourth-order valence-electron chi connectivity index (χ4n) is 2.21. The molecule has 3 N–H and O–H groups in total. The molecule has 0 aromatic carbocycles. The first kappa shape index (κ1) is 11.0. The van der Waals surface area contributed by atoms with Gasteiger partial charge >= 0.3 is 0 Å².